The third-order valence-corrected chi connectivity index (χ3v) is 3.12. The van der Waals surface area contributed by atoms with Crippen LogP contribution in [0.3, 0.4) is 0 Å². The highest BCUT2D eigenvalue weighted by Gasteiger charge is 2.31. The lowest BCUT2D eigenvalue weighted by Gasteiger charge is -2.32. The van der Waals surface area contributed by atoms with Crippen molar-refractivity contribution in [2.45, 2.75) is 40.2 Å². The number of amides is 1. The van der Waals surface area contributed by atoms with E-state index in [0.29, 0.717) is 4.99 Å². The maximum Gasteiger partial charge on any atom is 0.228 e. The minimum Gasteiger partial charge on any atom is -0.392 e. The van der Waals surface area contributed by atoms with Gasteiger partial charge >= 0.3 is 0 Å². The summed E-state index contributed by atoms with van der Waals surface area (Å²) in [4.78, 5) is 13.9. The summed E-state index contributed by atoms with van der Waals surface area (Å²) in [5.74, 6) is 0.0836. The van der Waals surface area contributed by atoms with E-state index in [4.69, 9.17) is 18.0 Å². The van der Waals surface area contributed by atoms with Gasteiger partial charge in [-0.3, -0.25) is 4.79 Å². The monoisotopic (exact) mass is 216 g/mol. The molecular weight excluding hydrogens is 196 g/mol. The summed E-state index contributed by atoms with van der Waals surface area (Å²) in [7, 11) is 1.74. The minimum absolute atomic E-state index is 0.0836. The molecule has 0 heterocycles. The molecule has 0 saturated carbocycles. The Bertz CT molecular complexity index is 238. The van der Waals surface area contributed by atoms with Gasteiger partial charge in [0, 0.05) is 12.5 Å². The molecule has 0 bridgehead atoms. The molecule has 2 N–H and O–H groups in total. The first-order chi connectivity index (χ1) is 6.24. The van der Waals surface area contributed by atoms with Crippen LogP contribution in [0.5, 0.6) is 0 Å². The van der Waals surface area contributed by atoms with Gasteiger partial charge in [0.05, 0.1) is 11.0 Å². The van der Waals surface area contributed by atoms with Gasteiger partial charge in [0.1, 0.15) is 0 Å². The van der Waals surface area contributed by atoms with Crippen molar-refractivity contribution in [3.63, 3.8) is 0 Å². The van der Waals surface area contributed by atoms with Gasteiger partial charge in [-0.2, -0.15) is 0 Å². The third-order valence-electron chi connectivity index (χ3n) is 2.78. The number of carbonyl (C=O) groups excluding carboxylic acids is 1. The van der Waals surface area contributed by atoms with Crippen LogP contribution in [0.25, 0.3) is 0 Å². The Kier molecular flexibility index (Phi) is 4.52. The molecule has 1 amide bonds. The van der Waals surface area contributed by atoms with Crippen LogP contribution in [0.15, 0.2) is 0 Å². The average Bonchev–Trinajstić information content (AvgIpc) is 2.14. The Hall–Kier alpha value is -0.640. The highest BCUT2D eigenvalue weighted by molar-refractivity contribution is 7.80. The van der Waals surface area contributed by atoms with Crippen LogP contribution in [0, 0.1) is 5.41 Å². The van der Waals surface area contributed by atoms with Crippen LogP contribution in [0.1, 0.15) is 34.1 Å². The summed E-state index contributed by atoms with van der Waals surface area (Å²) in [6.07, 6.45) is 0.806. The van der Waals surface area contributed by atoms with E-state index in [0.717, 1.165) is 6.42 Å². The van der Waals surface area contributed by atoms with E-state index < -0.39 is 0 Å². The Morgan fingerprint density at radius 1 is 1.57 bits per heavy atom. The minimum atomic E-state index is -0.339. The Labute approximate surface area is 91.6 Å². The molecule has 0 aromatic heterocycles. The molecule has 0 fully saturated rings. The zero-order valence-corrected chi connectivity index (χ0v) is 10.4. The van der Waals surface area contributed by atoms with Crippen LogP contribution in [-0.2, 0) is 4.79 Å². The molecule has 14 heavy (non-hydrogen) atoms. The fraction of sp³-hybridized carbons (Fsp3) is 0.800. The highest BCUT2D eigenvalue weighted by atomic mass is 32.1. The molecular formula is C10H20N2OS. The summed E-state index contributed by atoms with van der Waals surface area (Å²) >= 11 is 4.86. The molecule has 1 unspecified atom stereocenters. The molecule has 0 aromatic rings. The first kappa shape index (κ1) is 13.4. The molecule has 0 saturated heterocycles. The second kappa shape index (κ2) is 4.73. The van der Waals surface area contributed by atoms with Gasteiger partial charge in [0.15, 0.2) is 0 Å². The fourth-order valence-corrected chi connectivity index (χ4v) is 1.15. The van der Waals surface area contributed by atoms with Gasteiger partial charge in [-0.15, -0.1) is 0 Å². The number of thiocarbonyl (C=S) groups is 1. The van der Waals surface area contributed by atoms with Crippen molar-refractivity contribution in [2.75, 3.05) is 7.05 Å². The van der Waals surface area contributed by atoms with Crippen LogP contribution >= 0.6 is 12.2 Å². The maximum absolute atomic E-state index is 12.0. The van der Waals surface area contributed by atoms with Gasteiger partial charge in [-0.1, -0.05) is 33.0 Å². The number of hydrogen-bond donors (Lipinski definition) is 1. The van der Waals surface area contributed by atoms with Gasteiger partial charge in [0.25, 0.3) is 0 Å². The molecule has 4 heteroatoms. The molecule has 0 rings (SSSR count). The van der Waals surface area contributed by atoms with E-state index in [9.17, 15) is 4.79 Å². The number of nitrogens with zero attached hydrogens (tertiary/aromatic N) is 1. The van der Waals surface area contributed by atoms with E-state index in [-0.39, 0.29) is 17.4 Å². The molecule has 0 aliphatic carbocycles. The zero-order valence-electron chi connectivity index (χ0n) is 9.63. The SMILES string of the molecule is CCC(C)(C)C(=O)N(C)C(C)C(N)=S. The molecule has 0 aromatic carbocycles. The van der Waals surface area contributed by atoms with Crippen molar-refractivity contribution < 1.29 is 4.79 Å². The summed E-state index contributed by atoms with van der Waals surface area (Å²) in [6, 6.07) is -0.177. The van der Waals surface area contributed by atoms with Crippen LogP contribution in [0.4, 0.5) is 0 Å². The Morgan fingerprint density at radius 3 is 2.29 bits per heavy atom. The van der Waals surface area contributed by atoms with Crippen molar-refractivity contribution in [2.24, 2.45) is 11.1 Å². The molecule has 0 radical (unpaired) electrons. The van der Waals surface area contributed by atoms with Gasteiger partial charge in [-0.25, -0.2) is 0 Å². The molecule has 0 aliphatic rings. The second-order valence-electron chi connectivity index (χ2n) is 4.23. The number of likely N-dealkylation sites (N-methyl/N-ethyl adjacent to an activating group) is 1. The van der Waals surface area contributed by atoms with E-state index in [1.165, 1.54) is 0 Å². The van der Waals surface area contributed by atoms with Crippen molar-refractivity contribution in [3.8, 4) is 0 Å². The number of hydrogen-bond acceptors (Lipinski definition) is 2. The quantitative estimate of drug-likeness (QED) is 0.725. The number of nitrogens with two attached hydrogens (primary N) is 1. The number of carbonyl (C=O) groups is 1. The molecule has 0 aliphatic heterocycles. The molecule has 0 spiro atoms. The lowest BCUT2D eigenvalue weighted by molar-refractivity contribution is -0.139. The Morgan fingerprint density at radius 2 is 2.00 bits per heavy atom. The average molecular weight is 216 g/mol. The first-order valence-electron chi connectivity index (χ1n) is 4.80. The smallest absolute Gasteiger partial charge is 0.228 e. The van der Waals surface area contributed by atoms with E-state index >= 15 is 0 Å². The second-order valence-corrected chi connectivity index (χ2v) is 4.70. The summed E-state index contributed by atoms with van der Waals surface area (Å²) in [5.41, 5.74) is 5.16. The largest absolute Gasteiger partial charge is 0.392 e. The van der Waals surface area contributed by atoms with E-state index in [1.54, 1.807) is 11.9 Å². The fourth-order valence-electron chi connectivity index (χ4n) is 0.995. The van der Waals surface area contributed by atoms with E-state index in [2.05, 4.69) is 0 Å². The molecule has 1 atom stereocenters. The topological polar surface area (TPSA) is 46.3 Å². The first-order valence-corrected chi connectivity index (χ1v) is 5.21. The zero-order chi connectivity index (χ0) is 11.5. The summed E-state index contributed by atoms with van der Waals surface area (Å²) in [5, 5.41) is 0. The molecule has 82 valence electrons. The van der Waals surface area contributed by atoms with Gasteiger partial charge in [-0.05, 0) is 13.3 Å². The number of rotatable bonds is 4. The van der Waals surface area contributed by atoms with Crippen molar-refractivity contribution in [1.82, 2.24) is 4.90 Å². The van der Waals surface area contributed by atoms with Crippen molar-refractivity contribution >= 4 is 23.1 Å². The normalized spacial score (nSPS) is 13.5. The lowest BCUT2D eigenvalue weighted by atomic mass is 9.88. The highest BCUT2D eigenvalue weighted by Crippen LogP contribution is 2.23. The van der Waals surface area contributed by atoms with Crippen LogP contribution in [-0.4, -0.2) is 28.9 Å². The third kappa shape index (κ3) is 2.94. The standard InChI is InChI=1S/C10H20N2OS/c1-6-10(3,4)9(13)12(5)7(2)8(11)14/h7H,6H2,1-5H3,(H2,11,14). The van der Waals surface area contributed by atoms with Crippen molar-refractivity contribution in [1.29, 1.82) is 0 Å². The Balaban J connectivity index is 4.63. The van der Waals surface area contributed by atoms with E-state index in [1.807, 2.05) is 27.7 Å². The lowest BCUT2D eigenvalue weighted by Crippen LogP contribution is -2.47. The van der Waals surface area contributed by atoms with Gasteiger partial charge in [0.2, 0.25) is 5.91 Å². The van der Waals surface area contributed by atoms with Gasteiger partial charge < -0.3 is 10.6 Å². The van der Waals surface area contributed by atoms with Crippen LogP contribution in [0.2, 0.25) is 0 Å². The molecule has 3 nitrogen and oxygen atoms in total. The van der Waals surface area contributed by atoms with Crippen molar-refractivity contribution in [3.05, 3.63) is 0 Å². The van der Waals surface area contributed by atoms with Crippen LogP contribution < -0.4 is 5.73 Å². The summed E-state index contributed by atoms with van der Waals surface area (Å²) in [6.45, 7) is 7.69. The predicted octanol–water partition coefficient (Wildman–Crippen LogP) is 1.56. The predicted molar refractivity (Wildman–Crippen MR) is 63.1 cm³/mol. The summed E-state index contributed by atoms with van der Waals surface area (Å²) < 4.78 is 0. The maximum atomic E-state index is 12.0.